The lowest BCUT2D eigenvalue weighted by Gasteiger charge is -2.36. The Balaban J connectivity index is 2.24. The molecule has 1 heterocycles. The molecule has 0 fully saturated rings. The number of aliphatic hydroxyl groups excluding tert-OH is 1. The molecule has 2 rings (SSSR count). The zero-order chi connectivity index (χ0) is 13.7. The SMILES string of the molecule is CCC(CC)(CO)CN1CCCOc2ccccc21. The summed E-state index contributed by atoms with van der Waals surface area (Å²) in [6, 6.07) is 8.22. The van der Waals surface area contributed by atoms with Gasteiger partial charge in [-0.05, 0) is 31.4 Å². The zero-order valence-electron chi connectivity index (χ0n) is 12.1. The number of para-hydroxylation sites is 2. The smallest absolute Gasteiger partial charge is 0.142 e. The van der Waals surface area contributed by atoms with Crippen LogP contribution in [0.25, 0.3) is 0 Å². The van der Waals surface area contributed by atoms with E-state index in [0.29, 0.717) is 0 Å². The van der Waals surface area contributed by atoms with Gasteiger partial charge in [0, 0.05) is 18.5 Å². The Hall–Kier alpha value is -1.22. The largest absolute Gasteiger partial charge is 0.491 e. The van der Waals surface area contributed by atoms with E-state index in [1.54, 1.807) is 0 Å². The second-order valence-electron chi connectivity index (χ2n) is 5.46. The van der Waals surface area contributed by atoms with Crippen molar-refractivity contribution in [1.29, 1.82) is 0 Å². The van der Waals surface area contributed by atoms with Gasteiger partial charge in [0.2, 0.25) is 0 Å². The molecule has 19 heavy (non-hydrogen) atoms. The van der Waals surface area contributed by atoms with E-state index >= 15 is 0 Å². The van der Waals surface area contributed by atoms with Crippen LogP contribution in [-0.2, 0) is 0 Å². The van der Waals surface area contributed by atoms with Crippen molar-refractivity contribution in [3.8, 4) is 5.75 Å². The first-order chi connectivity index (χ1) is 9.24. The lowest BCUT2D eigenvalue weighted by molar-refractivity contribution is 0.120. The van der Waals surface area contributed by atoms with Crippen LogP contribution in [0.2, 0.25) is 0 Å². The van der Waals surface area contributed by atoms with Crippen LogP contribution in [0, 0.1) is 5.41 Å². The Morgan fingerprint density at radius 2 is 2.00 bits per heavy atom. The van der Waals surface area contributed by atoms with Crippen molar-refractivity contribution in [2.75, 3.05) is 31.2 Å². The van der Waals surface area contributed by atoms with Crippen molar-refractivity contribution in [1.82, 2.24) is 0 Å². The van der Waals surface area contributed by atoms with Crippen LogP contribution < -0.4 is 9.64 Å². The van der Waals surface area contributed by atoms with Crippen molar-refractivity contribution in [2.24, 2.45) is 5.41 Å². The van der Waals surface area contributed by atoms with Crippen LogP contribution in [0.5, 0.6) is 5.75 Å². The summed E-state index contributed by atoms with van der Waals surface area (Å²) >= 11 is 0. The van der Waals surface area contributed by atoms with Gasteiger partial charge in [0.05, 0.1) is 18.9 Å². The maximum absolute atomic E-state index is 9.77. The maximum Gasteiger partial charge on any atom is 0.142 e. The highest BCUT2D eigenvalue weighted by Crippen LogP contribution is 2.35. The molecule has 0 amide bonds. The van der Waals surface area contributed by atoms with Crippen LogP contribution in [-0.4, -0.2) is 31.4 Å². The number of anilines is 1. The molecule has 0 unspecified atom stereocenters. The Bertz CT molecular complexity index is 393. The van der Waals surface area contributed by atoms with E-state index in [4.69, 9.17) is 4.74 Å². The number of hydrogen-bond acceptors (Lipinski definition) is 3. The molecule has 0 saturated heterocycles. The van der Waals surface area contributed by atoms with Crippen LogP contribution >= 0.6 is 0 Å². The molecule has 1 aliphatic heterocycles. The predicted molar refractivity (Wildman–Crippen MR) is 78.9 cm³/mol. The van der Waals surface area contributed by atoms with Crippen molar-refractivity contribution in [3.63, 3.8) is 0 Å². The molecular weight excluding hydrogens is 238 g/mol. The number of fused-ring (bicyclic) bond motifs is 1. The Morgan fingerprint density at radius 1 is 1.26 bits per heavy atom. The van der Waals surface area contributed by atoms with Crippen molar-refractivity contribution in [3.05, 3.63) is 24.3 Å². The number of ether oxygens (including phenoxy) is 1. The molecule has 0 spiro atoms. The summed E-state index contributed by atoms with van der Waals surface area (Å²) in [6.45, 7) is 7.26. The molecule has 1 aromatic rings. The summed E-state index contributed by atoms with van der Waals surface area (Å²) in [5.41, 5.74) is 1.16. The van der Waals surface area contributed by atoms with Gasteiger partial charge in [0.15, 0.2) is 0 Å². The summed E-state index contributed by atoms with van der Waals surface area (Å²) in [7, 11) is 0. The molecule has 3 nitrogen and oxygen atoms in total. The normalized spacial score (nSPS) is 15.6. The van der Waals surface area contributed by atoms with Crippen molar-refractivity contribution < 1.29 is 9.84 Å². The van der Waals surface area contributed by atoms with Gasteiger partial charge in [-0.2, -0.15) is 0 Å². The molecule has 3 heteroatoms. The highest BCUT2D eigenvalue weighted by atomic mass is 16.5. The van der Waals surface area contributed by atoms with Gasteiger partial charge >= 0.3 is 0 Å². The summed E-state index contributed by atoms with van der Waals surface area (Å²) in [5.74, 6) is 0.971. The maximum atomic E-state index is 9.77. The van der Waals surface area contributed by atoms with Gasteiger partial charge in [0.1, 0.15) is 5.75 Å². The van der Waals surface area contributed by atoms with Crippen molar-refractivity contribution >= 4 is 5.69 Å². The van der Waals surface area contributed by atoms with Gasteiger partial charge in [-0.1, -0.05) is 26.0 Å². The van der Waals surface area contributed by atoms with E-state index in [0.717, 1.165) is 44.7 Å². The number of aliphatic hydroxyl groups is 1. The minimum Gasteiger partial charge on any atom is -0.491 e. The monoisotopic (exact) mass is 263 g/mol. The number of nitrogens with zero attached hydrogens (tertiary/aromatic N) is 1. The standard InChI is InChI=1S/C16H25NO2/c1-3-16(4-2,13-18)12-17-10-7-11-19-15-9-6-5-8-14(15)17/h5-6,8-9,18H,3-4,7,10-13H2,1-2H3. The van der Waals surface area contributed by atoms with E-state index in [-0.39, 0.29) is 12.0 Å². The van der Waals surface area contributed by atoms with Gasteiger partial charge in [-0.3, -0.25) is 0 Å². The second kappa shape index (κ2) is 6.29. The van der Waals surface area contributed by atoms with Crippen molar-refractivity contribution in [2.45, 2.75) is 33.1 Å². The fourth-order valence-electron chi connectivity index (χ4n) is 2.71. The van der Waals surface area contributed by atoms with E-state index in [2.05, 4.69) is 30.9 Å². The van der Waals surface area contributed by atoms with Crippen LogP contribution in [0.4, 0.5) is 5.69 Å². The predicted octanol–water partition coefficient (Wildman–Crippen LogP) is 3.07. The quantitative estimate of drug-likeness (QED) is 0.886. The first-order valence-corrected chi connectivity index (χ1v) is 7.32. The summed E-state index contributed by atoms with van der Waals surface area (Å²) in [4.78, 5) is 2.38. The molecule has 0 radical (unpaired) electrons. The van der Waals surface area contributed by atoms with Crippen LogP contribution in [0.15, 0.2) is 24.3 Å². The molecule has 0 atom stereocenters. The average Bonchev–Trinajstić information content (AvgIpc) is 2.67. The summed E-state index contributed by atoms with van der Waals surface area (Å²) < 4.78 is 5.79. The minimum atomic E-state index is -0.00253. The number of hydrogen-bond donors (Lipinski definition) is 1. The van der Waals surface area contributed by atoms with E-state index in [1.165, 1.54) is 5.69 Å². The van der Waals surface area contributed by atoms with E-state index < -0.39 is 0 Å². The van der Waals surface area contributed by atoms with Gasteiger partial charge in [-0.25, -0.2) is 0 Å². The first-order valence-electron chi connectivity index (χ1n) is 7.32. The third-order valence-corrected chi connectivity index (χ3v) is 4.40. The summed E-state index contributed by atoms with van der Waals surface area (Å²) in [5, 5.41) is 9.77. The summed E-state index contributed by atoms with van der Waals surface area (Å²) in [6.07, 6.45) is 3.03. The average molecular weight is 263 g/mol. The molecular formula is C16H25NO2. The third-order valence-electron chi connectivity index (χ3n) is 4.40. The molecule has 0 bridgehead atoms. The molecule has 0 saturated carbocycles. The molecule has 1 aromatic carbocycles. The minimum absolute atomic E-state index is 0.00253. The second-order valence-corrected chi connectivity index (χ2v) is 5.46. The fourth-order valence-corrected chi connectivity index (χ4v) is 2.71. The molecule has 0 aromatic heterocycles. The lowest BCUT2D eigenvalue weighted by Crippen LogP contribution is -2.40. The van der Waals surface area contributed by atoms with Gasteiger partial charge < -0.3 is 14.7 Å². The van der Waals surface area contributed by atoms with Gasteiger partial charge in [0.25, 0.3) is 0 Å². The van der Waals surface area contributed by atoms with Gasteiger partial charge in [-0.15, -0.1) is 0 Å². The number of benzene rings is 1. The Kier molecular flexibility index (Phi) is 4.70. The highest BCUT2D eigenvalue weighted by Gasteiger charge is 2.29. The third kappa shape index (κ3) is 3.03. The molecule has 106 valence electrons. The van der Waals surface area contributed by atoms with E-state index in [9.17, 15) is 5.11 Å². The lowest BCUT2D eigenvalue weighted by atomic mass is 9.82. The molecule has 1 N–H and O–H groups in total. The highest BCUT2D eigenvalue weighted by molar-refractivity contribution is 5.59. The topological polar surface area (TPSA) is 32.7 Å². The van der Waals surface area contributed by atoms with Crippen LogP contribution in [0.1, 0.15) is 33.1 Å². The zero-order valence-corrected chi connectivity index (χ0v) is 12.1. The van der Waals surface area contributed by atoms with Crippen LogP contribution in [0.3, 0.4) is 0 Å². The first kappa shape index (κ1) is 14.2. The Labute approximate surface area is 116 Å². The Morgan fingerprint density at radius 3 is 2.68 bits per heavy atom. The fraction of sp³-hybridized carbons (Fsp3) is 0.625. The molecule has 1 aliphatic rings. The van der Waals surface area contributed by atoms with E-state index in [1.807, 2.05) is 12.1 Å². The molecule has 0 aliphatic carbocycles. The number of rotatable bonds is 5.